The van der Waals surface area contributed by atoms with Gasteiger partial charge in [-0.3, -0.25) is 5.32 Å². The minimum absolute atomic E-state index is 0.404. The van der Waals surface area contributed by atoms with Crippen LogP contribution in [0.5, 0.6) is 0 Å². The quantitative estimate of drug-likeness (QED) is 0.884. The second-order valence-electron chi connectivity index (χ2n) is 4.89. The molecule has 0 spiro atoms. The average molecular weight is 273 g/mol. The molecule has 1 amide bonds. The zero-order chi connectivity index (χ0) is 14.2. The van der Waals surface area contributed by atoms with Crippen molar-refractivity contribution in [3.8, 4) is 6.07 Å². The Morgan fingerprint density at radius 3 is 3.15 bits per heavy atom. The third kappa shape index (κ3) is 4.56. The Balaban J connectivity index is 1.70. The Labute approximate surface area is 118 Å². The molecule has 2 rings (SSSR count). The van der Waals surface area contributed by atoms with E-state index in [9.17, 15) is 4.79 Å². The molecule has 1 aliphatic rings. The summed E-state index contributed by atoms with van der Waals surface area (Å²) in [5.74, 6) is 0. The second kappa shape index (κ2) is 7.51. The predicted molar refractivity (Wildman–Crippen MR) is 76.4 cm³/mol. The third-order valence-corrected chi connectivity index (χ3v) is 3.35. The van der Waals surface area contributed by atoms with Crippen LogP contribution in [0.2, 0.25) is 0 Å². The van der Waals surface area contributed by atoms with Gasteiger partial charge >= 0.3 is 6.09 Å². The van der Waals surface area contributed by atoms with E-state index >= 15 is 0 Å². The maximum atomic E-state index is 11.6. The first-order chi connectivity index (χ1) is 9.78. The normalized spacial score (nSPS) is 18.1. The summed E-state index contributed by atoms with van der Waals surface area (Å²) in [6.07, 6.45) is 3.98. The standard InChI is InChI=1S/C15H19N3O2/c16-11-12-4-3-6-14(10-12)18-15(19)20-9-7-13-5-1-2-8-17-13/h3-4,6,10,13,17H,1-2,5,7-9H2,(H,18,19). The van der Waals surface area contributed by atoms with Gasteiger partial charge in [0, 0.05) is 11.7 Å². The highest BCUT2D eigenvalue weighted by Gasteiger charge is 2.13. The van der Waals surface area contributed by atoms with E-state index in [2.05, 4.69) is 10.6 Å². The number of benzene rings is 1. The highest BCUT2D eigenvalue weighted by molar-refractivity contribution is 5.84. The molecular formula is C15H19N3O2. The van der Waals surface area contributed by atoms with Gasteiger partial charge in [0.1, 0.15) is 0 Å². The SMILES string of the molecule is N#Cc1cccc(NC(=O)OCCC2CCCCN2)c1. The molecule has 0 radical (unpaired) electrons. The maximum absolute atomic E-state index is 11.6. The van der Waals surface area contributed by atoms with Crippen LogP contribution in [-0.2, 0) is 4.74 Å². The van der Waals surface area contributed by atoms with Crippen molar-refractivity contribution in [2.75, 3.05) is 18.5 Å². The summed E-state index contributed by atoms with van der Waals surface area (Å²) in [6.45, 7) is 1.46. The van der Waals surface area contributed by atoms with Gasteiger partial charge in [0.05, 0.1) is 18.2 Å². The molecule has 1 fully saturated rings. The van der Waals surface area contributed by atoms with Gasteiger partial charge < -0.3 is 10.1 Å². The predicted octanol–water partition coefficient (Wildman–Crippen LogP) is 2.64. The van der Waals surface area contributed by atoms with E-state index in [1.807, 2.05) is 6.07 Å². The molecule has 5 heteroatoms. The molecule has 1 heterocycles. The number of nitrogens with zero attached hydrogens (tertiary/aromatic N) is 1. The molecule has 0 bridgehead atoms. The summed E-state index contributed by atoms with van der Waals surface area (Å²) in [6, 6.07) is 9.23. The van der Waals surface area contributed by atoms with Crippen molar-refractivity contribution in [1.29, 1.82) is 5.26 Å². The fourth-order valence-corrected chi connectivity index (χ4v) is 2.28. The first-order valence-corrected chi connectivity index (χ1v) is 6.95. The Hall–Kier alpha value is -2.06. The number of carbonyl (C=O) groups is 1. The summed E-state index contributed by atoms with van der Waals surface area (Å²) in [7, 11) is 0. The molecule has 1 aromatic rings. The molecule has 1 atom stereocenters. The molecule has 1 aliphatic heterocycles. The lowest BCUT2D eigenvalue weighted by atomic mass is 10.0. The maximum Gasteiger partial charge on any atom is 0.411 e. The average Bonchev–Trinajstić information content (AvgIpc) is 2.48. The van der Waals surface area contributed by atoms with Crippen molar-refractivity contribution in [2.24, 2.45) is 0 Å². The van der Waals surface area contributed by atoms with Gasteiger partial charge in [-0.05, 0) is 44.0 Å². The van der Waals surface area contributed by atoms with E-state index in [1.165, 1.54) is 12.8 Å². The van der Waals surface area contributed by atoms with Crippen LogP contribution < -0.4 is 10.6 Å². The Bertz CT molecular complexity index is 490. The molecule has 1 aromatic carbocycles. The molecular weight excluding hydrogens is 254 g/mol. The summed E-state index contributed by atoms with van der Waals surface area (Å²) in [4.78, 5) is 11.6. The van der Waals surface area contributed by atoms with Crippen LogP contribution in [0.25, 0.3) is 0 Å². The van der Waals surface area contributed by atoms with Gasteiger partial charge in [-0.1, -0.05) is 12.5 Å². The first kappa shape index (κ1) is 14.4. The molecule has 106 valence electrons. The van der Waals surface area contributed by atoms with Crippen molar-refractivity contribution >= 4 is 11.8 Å². The van der Waals surface area contributed by atoms with Crippen molar-refractivity contribution in [3.63, 3.8) is 0 Å². The van der Waals surface area contributed by atoms with Crippen LogP contribution >= 0.6 is 0 Å². The van der Waals surface area contributed by atoms with Gasteiger partial charge in [0.25, 0.3) is 0 Å². The number of piperidine rings is 1. The highest BCUT2D eigenvalue weighted by Crippen LogP contribution is 2.11. The van der Waals surface area contributed by atoms with E-state index in [-0.39, 0.29) is 0 Å². The van der Waals surface area contributed by atoms with E-state index < -0.39 is 6.09 Å². The molecule has 0 aliphatic carbocycles. The Morgan fingerprint density at radius 2 is 2.40 bits per heavy atom. The fraction of sp³-hybridized carbons (Fsp3) is 0.467. The zero-order valence-electron chi connectivity index (χ0n) is 11.4. The zero-order valence-corrected chi connectivity index (χ0v) is 11.4. The van der Waals surface area contributed by atoms with Crippen molar-refractivity contribution in [2.45, 2.75) is 31.7 Å². The number of nitriles is 1. The van der Waals surface area contributed by atoms with E-state index in [4.69, 9.17) is 10.00 Å². The molecule has 20 heavy (non-hydrogen) atoms. The van der Waals surface area contributed by atoms with Gasteiger partial charge in [0.2, 0.25) is 0 Å². The molecule has 2 N–H and O–H groups in total. The first-order valence-electron chi connectivity index (χ1n) is 6.95. The van der Waals surface area contributed by atoms with E-state index in [0.29, 0.717) is 23.9 Å². The second-order valence-corrected chi connectivity index (χ2v) is 4.89. The number of anilines is 1. The Morgan fingerprint density at radius 1 is 1.50 bits per heavy atom. The monoisotopic (exact) mass is 273 g/mol. The number of nitrogens with one attached hydrogen (secondary N) is 2. The number of carbonyl (C=O) groups excluding carboxylic acids is 1. The number of hydrogen-bond donors (Lipinski definition) is 2. The van der Waals surface area contributed by atoms with Crippen LogP contribution in [0.15, 0.2) is 24.3 Å². The van der Waals surface area contributed by atoms with Gasteiger partial charge in [0.15, 0.2) is 0 Å². The highest BCUT2D eigenvalue weighted by atomic mass is 16.5. The smallest absolute Gasteiger partial charge is 0.411 e. The van der Waals surface area contributed by atoms with Crippen molar-refractivity contribution in [1.82, 2.24) is 5.32 Å². The summed E-state index contributed by atoms with van der Waals surface area (Å²) >= 11 is 0. The van der Waals surface area contributed by atoms with Crippen LogP contribution in [-0.4, -0.2) is 25.3 Å². The topological polar surface area (TPSA) is 74.2 Å². The molecule has 0 saturated carbocycles. The van der Waals surface area contributed by atoms with E-state index in [1.54, 1.807) is 24.3 Å². The summed E-state index contributed by atoms with van der Waals surface area (Å²) in [5.41, 5.74) is 1.08. The number of ether oxygens (including phenoxy) is 1. The summed E-state index contributed by atoms with van der Waals surface area (Å²) in [5, 5.41) is 14.8. The molecule has 0 aromatic heterocycles. The molecule has 1 unspecified atom stereocenters. The van der Waals surface area contributed by atoms with Crippen LogP contribution in [0.4, 0.5) is 10.5 Å². The van der Waals surface area contributed by atoms with Crippen molar-refractivity contribution < 1.29 is 9.53 Å². The minimum atomic E-state index is -0.476. The number of rotatable bonds is 4. The minimum Gasteiger partial charge on any atom is -0.449 e. The van der Waals surface area contributed by atoms with Crippen LogP contribution in [0.1, 0.15) is 31.2 Å². The third-order valence-electron chi connectivity index (χ3n) is 3.35. The lowest BCUT2D eigenvalue weighted by Crippen LogP contribution is -2.35. The van der Waals surface area contributed by atoms with Gasteiger partial charge in [-0.15, -0.1) is 0 Å². The molecule has 5 nitrogen and oxygen atoms in total. The number of hydrogen-bond acceptors (Lipinski definition) is 4. The number of amides is 1. The van der Waals surface area contributed by atoms with Crippen LogP contribution in [0, 0.1) is 11.3 Å². The fourth-order valence-electron chi connectivity index (χ4n) is 2.28. The lowest BCUT2D eigenvalue weighted by molar-refractivity contribution is 0.153. The van der Waals surface area contributed by atoms with E-state index in [0.717, 1.165) is 19.4 Å². The molecule has 1 saturated heterocycles. The van der Waals surface area contributed by atoms with Gasteiger partial charge in [-0.25, -0.2) is 4.79 Å². The largest absolute Gasteiger partial charge is 0.449 e. The summed E-state index contributed by atoms with van der Waals surface area (Å²) < 4.78 is 5.15. The van der Waals surface area contributed by atoms with Crippen molar-refractivity contribution in [3.05, 3.63) is 29.8 Å². The lowest BCUT2D eigenvalue weighted by Gasteiger charge is -2.23. The van der Waals surface area contributed by atoms with Gasteiger partial charge in [-0.2, -0.15) is 5.26 Å². The Kier molecular flexibility index (Phi) is 5.39. The van der Waals surface area contributed by atoms with Crippen LogP contribution in [0.3, 0.4) is 0 Å².